The molecule has 1 fully saturated rings. The van der Waals surface area contributed by atoms with E-state index in [1.807, 2.05) is 0 Å². The summed E-state index contributed by atoms with van der Waals surface area (Å²) in [6, 6.07) is 6.87. The summed E-state index contributed by atoms with van der Waals surface area (Å²) in [6.45, 7) is 1.33. The van der Waals surface area contributed by atoms with E-state index in [2.05, 4.69) is 5.32 Å². The number of carbonyl (C=O) groups is 2. The minimum atomic E-state index is -0.347. The quantitative estimate of drug-likeness (QED) is 0.854. The lowest BCUT2D eigenvalue weighted by molar-refractivity contribution is 0.0862. The number of carbonyl (C=O) groups excluding carboxylic acids is 2. The molecule has 2 rings (SSSR count). The van der Waals surface area contributed by atoms with Gasteiger partial charge < -0.3 is 15.0 Å². The molecule has 5 nitrogen and oxygen atoms in total. The lowest BCUT2D eigenvalue weighted by Gasteiger charge is -2.31. The molecule has 0 unspecified atom stereocenters. The zero-order valence-corrected chi connectivity index (χ0v) is 13.6. The van der Waals surface area contributed by atoms with Gasteiger partial charge in [-0.15, -0.1) is 11.6 Å². The summed E-state index contributed by atoms with van der Waals surface area (Å²) in [7, 11) is 0. The van der Waals surface area contributed by atoms with Gasteiger partial charge >= 0.3 is 6.09 Å². The van der Waals surface area contributed by atoms with Crippen LogP contribution in [0.15, 0.2) is 24.3 Å². The maximum Gasteiger partial charge on any atom is 0.409 e. The molecular weight excluding hydrogens is 327 g/mol. The van der Waals surface area contributed by atoms with Gasteiger partial charge in [-0.25, -0.2) is 4.79 Å². The van der Waals surface area contributed by atoms with E-state index < -0.39 is 0 Å². The third-order valence-electron chi connectivity index (χ3n) is 3.48. The van der Waals surface area contributed by atoms with Crippen LogP contribution in [0.2, 0.25) is 5.02 Å². The summed E-state index contributed by atoms with van der Waals surface area (Å²) in [4.78, 5) is 25.5. The molecule has 1 aromatic carbocycles. The second-order valence-corrected chi connectivity index (χ2v) is 5.86. The molecular formula is C15H18Cl2N2O3. The summed E-state index contributed by atoms with van der Waals surface area (Å²) in [6.07, 6.45) is 1.05. The van der Waals surface area contributed by atoms with Crippen molar-refractivity contribution in [2.45, 2.75) is 18.9 Å². The third kappa shape index (κ3) is 4.78. The van der Waals surface area contributed by atoms with E-state index in [0.717, 1.165) is 0 Å². The number of ether oxygens (including phenoxy) is 1. The SMILES string of the molecule is O=C(NC1CCN(C(=O)OCCCl)CC1)c1cccc(Cl)c1. The summed E-state index contributed by atoms with van der Waals surface area (Å²) in [5.74, 6) is 0.142. The summed E-state index contributed by atoms with van der Waals surface area (Å²) in [5, 5.41) is 3.50. The Morgan fingerprint density at radius 1 is 1.32 bits per heavy atom. The Kier molecular flexibility index (Phi) is 6.34. The first-order valence-electron chi connectivity index (χ1n) is 7.14. The van der Waals surface area contributed by atoms with Crippen LogP contribution in [0.1, 0.15) is 23.2 Å². The molecule has 1 aliphatic heterocycles. The van der Waals surface area contributed by atoms with Gasteiger partial charge in [-0.3, -0.25) is 4.79 Å². The highest BCUT2D eigenvalue weighted by molar-refractivity contribution is 6.30. The molecule has 2 amide bonds. The lowest BCUT2D eigenvalue weighted by Crippen LogP contribution is -2.46. The normalized spacial score (nSPS) is 15.5. The second kappa shape index (κ2) is 8.25. The molecule has 1 saturated heterocycles. The molecule has 0 bridgehead atoms. The molecule has 120 valence electrons. The van der Waals surface area contributed by atoms with Crippen molar-refractivity contribution in [1.82, 2.24) is 10.2 Å². The number of nitrogens with one attached hydrogen (secondary N) is 1. The third-order valence-corrected chi connectivity index (χ3v) is 3.87. The first-order chi connectivity index (χ1) is 10.6. The fourth-order valence-electron chi connectivity index (χ4n) is 2.32. The van der Waals surface area contributed by atoms with Crippen LogP contribution in [-0.2, 0) is 4.74 Å². The van der Waals surface area contributed by atoms with E-state index in [1.165, 1.54) is 0 Å². The topological polar surface area (TPSA) is 58.6 Å². The smallest absolute Gasteiger partial charge is 0.409 e. The number of rotatable bonds is 4. The van der Waals surface area contributed by atoms with E-state index in [4.69, 9.17) is 27.9 Å². The van der Waals surface area contributed by atoms with Gasteiger partial charge in [0, 0.05) is 29.7 Å². The van der Waals surface area contributed by atoms with E-state index in [0.29, 0.717) is 36.5 Å². The van der Waals surface area contributed by atoms with Crippen molar-refractivity contribution in [3.8, 4) is 0 Å². The van der Waals surface area contributed by atoms with Crippen molar-refractivity contribution < 1.29 is 14.3 Å². The van der Waals surface area contributed by atoms with Crippen LogP contribution < -0.4 is 5.32 Å². The Morgan fingerprint density at radius 2 is 2.05 bits per heavy atom. The van der Waals surface area contributed by atoms with E-state index >= 15 is 0 Å². The summed E-state index contributed by atoms with van der Waals surface area (Å²) < 4.78 is 4.98. The van der Waals surface area contributed by atoms with Crippen molar-refractivity contribution in [3.63, 3.8) is 0 Å². The predicted octanol–water partition coefficient (Wildman–Crippen LogP) is 2.91. The standard InChI is InChI=1S/C15H18Cl2N2O3/c16-6-9-22-15(21)19-7-4-13(5-8-19)18-14(20)11-2-1-3-12(17)10-11/h1-3,10,13H,4-9H2,(H,18,20). The first kappa shape index (κ1) is 16.9. The molecule has 0 aliphatic carbocycles. The number of benzene rings is 1. The van der Waals surface area contributed by atoms with E-state index in [9.17, 15) is 9.59 Å². The van der Waals surface area contributed by atoms with Crippen LogP contribution in [0.25, 0.3) is 0 Å². The molecule has 0 saturated carbocycles. The van der Waals surface area contributed by atoms with Gasteiger partial charge in [0.25, 0.3) is 5.91 Å². The predicted molar refractivity (Wildman–Crippen MR) is 85.6 cm³/mol. The van der Waals surface area contributed by atoms with Crippen molar-refractivity contribution in [1.29, 1.82) is 0 Å². The Morgan fingerprint density at radius 3 is 2.68 bits per heavy atom. The summed E-state index contributed by atoms with van der Waals surface area (Å²) in [5.41, 5.74) is 0.538. The molecule has 0 atom stereocenters. The Labute approximate surface area is 139 Å². The molecule has 7 heteroatoms. The summed E-state index contributed by atoms with van der Waals surface area (Å²) >= 11 is 11.4. The van der Waals surface area contributed by atoms with Gasteiger partial charge in [0.2, 0.25) is 0 Å². The molecule has 1 heterocycles. The average Bonchev–Trinajstić information content (AvgIpc) is 2.53. The first-order valence-corrected chi connectivity index (χ1v) is 8.05. The lowest BCUT2D eigenvalue weighted by atomic mass is 10.0. The Bertz CT molecular complexity index is 531. The van der Waals surface area contributed by atoms with Crippen LogP contribution in [-0.4, -0.2) is 48.5 Å². The number of halogens is 2. The maximum absolute atomic E-state index is 12.1. The van der Waals surface area contributed by atoms with Crippen molar-refractivity contribution in [2.24, 2.45) is 0 Å². The van der Waals surface area contributed by atoms with E-state index in [-0.39, 0.29) is 30.5 Å². The highest BCUT2D eigenvalue weighted by Gasteiger charge is 2.24. The van der Waals surface area contributed by atoms with Crippen LogP contribution in [0.4, 0.5) is 4.79 Å². The average molecular weight is 345 g/mol. The molecule has 1 N–H and O–H groups in total. The van der Waals surface area contributed by atoms with Gasteiger partial charge in [0.05, 0.1) is 5.88 Å². The highest BCUT2D eigenvalue weighted by atomic mass is 35.5. The monoisotopic (exact) mass is 344 g/mol. The van der Waals surface area contributed by atoms with Crippen molar-refractivity contribution in [2.75, 3.05) is 25.6 Å². The van der Waals surface area contributed by atoms with Gasteiger partial charge in [-0.05, 0) is 31.0 Å². The number of alkyl halides is 1. The number of likely N-dealkylation sites (tertiary alicyclic amines) is 1. The van der Waals surface area contributed by atoms with Gasteiger partial charge in [0.1, 0.15) is 6.61 Å². The van der Waals surface area contributed by atoms with Gasteiger partial charge in [-0.2, -0.15) is 0 Å². The van der Waals surface area contributed by atoms with Crippen LogP contribution in [0.5, 0.6) is 0 Å². The zero-order chi connectivity index (χ0) is 15.9. The van der Waals surface area contributed by atoms with Gasteiger partial charge in [-0.1, -0.05) is 17.7 Å². The maximum atomic E-state index is 12.1. The Balaban J connectivity index is 1.80. The molecule has 0 radical (unpaired) electrons. The number of amides is 2. The van der Waals surface area contributed by atoms with Crippen LogP contribution in [0, 0.1) is 0 Å². The number of nitrogens with zero attached hydrogens (tertiary/aromatic N) is 1. The molecule has 1 aromatic rings. The second-order valence-electron chi connectivity index (χ2n) is 5.05. The fraction of sp³-hybridized carbons (Fsp3) is 0.467. The van der Waals surface area contributed by atoms with Crippen molar-refractivity contribution >= 4 is 35.2 Å². The minimum absolute atomic E-state index is 0.0450. The largest absolute Gasteiger partial charge is 0.448 e. The Hall–Kier alpha value is -1.46. The van der Waals surface area contributed by atoms with E-state index in [1.54, 1.807) is 29.2 Å². The van der Waals surface area contributed by atoms with Crippen LogP contribution >= 0.6 is 23.2 Å². The molecule has 0 aromatic heterocycles. The zero-order valence-electron chi connectivity index (χ0n) is 12.1. The molecule has 22 heavy (non-hydrogen) atoms. The highest BCUT2D eigenvalue weighted by Crippen LogP contribution is 2.14. The minimum Gasteiger partial charge on any atom is -0.448 e. The number of piperidine rings is 1. The molecule has 1 aliphatic rings. The fourth-order valence-corrected chi connectivity index (χ4v) is 2.59. The van der Waals surface area contributed by atoms with Crippen molar-refractivity contribution in [3.05, 3.63) is 34.9 Å². The van der Waals surface area contributed by atoms with Gasteiger partial charge in [0.15, 0.2) is 0 Å². The molecule has 0 spiro atoms. The van der Waals surface area contributed by atoms with Crippen LogP contribution in [0.3, 0.4) is 0 Å². The number of hydrogen-bond donors (Lipinski definition) is 1. The number of hydrogen-bond acceptors (Lipinski definition) is 3.